The fraction of sp³-hybridized carbons (Fsp3) is 0.100. The largest absolute Gasteiger partial charge is 0.515 e. The molecule has 0 atom stereocenters. The Bertz CT molecular complexity index is 2890. The quantitative estimate of drug-likeness (QED) is 0.110. The molecular formula is C60H51N4OPt-3. The summed E-state index contributed by atoms with van der Waals surface area (Å²) in [5.74, 6) is 1.84. The molecule has 1 aromatic heterocycles. The Hall–Kier alpha value is -7.20. The van der Waals surface area contributed by atoms with E-state index in [0.29, 0.717) is 11.5 Å². The summed E-state index contributed by atoms with van der Waals surface area (Å²) in [4.78, 5) is 8.67. The van der Waals surface area contributed by atoms with Crippen molar-refractivity contribution in [3.63, 3.8) is 0 Å². The minimum Gasteiger partial charge on any atom is -0.515 e. The number of rotatable bonds is 14. The van der Waals surface area contributed by atoms with Gasteiger partial charge in [-0.2, -0.15) is 6.07 Å². The summed E-state index contributed by atoms with van der Waals surface area (Å²) < 4.78 is 6.69. The van der Waals surface area contributed by atoms with E-state index in [0.717, 1.165) is 51.1 Å². The van der Waals surface area contributed by atoms with E-state index in [-0.39, 0.29) is 31.9 Å². The molecule has 6 heteroatoms. The maximum Gasteiger partial charge on any atom is 0.135 e. The standard InChI is InChI=1S/C60H51N4O.Pt/c1-59(2,46-25-12-7-13-26-46)48-39-49(60(3,4)47-27-14-8-15-28-47)41-50(40-48)62-56-33-18-19-34-57(56)63(5)53-37-45(44-23-10-6-11-24-44)38-55(43-53)65-54-32-22-31-52(42-54)64(51-29-16-9-17-30-51)58-35-20-21-36-61-58;/h6-41,62H,5H2,1-4H3;/q-3;. The third-order valence-corrected chi connectivity index (χ3v) is 12.2. The number of para-hydroxylation sites is 3. The molecule has 0 saturated carbocycles. The van der Waals surface area contributed by atoms with Crippen LogP contribution in [-0.4, -0.2) is 4.98 Å². The molecule has 0 radical (unpaired) electrons. The average molecular weight is 1040 g/mol. The number of ether oxygens (including phenoxy) is 1. The molecule has 0 unspecified atom stereocenters. The minimum atomic E-state index is -0.267. The molecule has 330 valence electrons. The second-order valence-electron chi connectivity index (χ2n) is 17.2. The summed E-state index contributed by atoms with van der Waals surface area (Å²) in [6.07, 6.45) is 1.79. The molecule has 0 fully saturated rings. The summed E-state index contributed by atoms with van der Waals surface area (Å²) in [6, 6.07) is 80.1. The Morgan fingerprint density at radius 3 is 1.68 bits per heavy atom. The molecule has 5 nitrogen and oxygen atoms in total. The maximum absolute atomic E-state index is 6.69. The van der Waals surface area contributed by atoms with Crippen molar-refractivity contribution in [2.75, 3.05) is 15.1 Å². The third-order valence-electron chi connectivity index (χ3n) is 12.2. The number of aromatic nitrogens is 1. The van der Waals surface area contributed by atoms with E-state index in [1.807, 2.05) is 89.8 Å². The van der Waals surface area contributed by atoms with Crippen molar-refractivity contribution in [1.82, 2.24) is 4.98 Å². The first-order chi connectivity index (χ1) is 31.6. The van der Waals surface area contributed by atoms with Crippen molar-refractivity contribution >= 4 is 39.9 Å². The van der Waals surface area contributed by atoms with Gasteiger partial charge in [0.1, 0.15) is 5.82 Å². The summed E-state index contributed by atoms with van der Waals surface area (Å²) >= 11 is 0. The van der Waals surface area contributed by atoms with Crippen LogP contribution in [0.1, 0.15) is 49.9 Å². The number of anilines is 7. The smallest absolute Gasteiger partial charge is 0.135 e. The van der Waals surface area contributed by atoms with E-state index in [9.17, 15) is 0 Å². The van der Waals surface area contributed by atoms with E-state index < -0.39 is 0 Å². The number of benzene rings is 8. The van der Waals surface area contributed by atoms with Crippen molar-refractivity contribution in [2.45, 2.75) is 38.5 Å². The number of hydrogen-bond donors (Lipinski definition) is 1. The molecule has 1 heterocycles. The third kappa shape index (κ3) is 9.88. The fourth-order valence-electron chi connectivity index (χ4n) is 8.29. The number of nitrogens with zero attached hydrogens (tertiary/aromatic N) is 3. The van der Waals surface area contributed by atoms with Crippen molar-refractivity contribution in [3.05, 3.63) is 260 Å². The van der Waals surface area contributed by atoms with Crippen LogP contribution in [-0.2, 0) is 31.9 Å². The van der Waals surface area contributed by atoms with Crippen LogP contribution in [0.4, 0.5) is 39.9 Å². The number of hydrogen-bond acceptors (Lipinski definition) is 5. The van der Waals surface area contributed by atoms with Gasteiger partial charge in [-0.05, 0) is 76.3 Å². The van der Waals surface area contributed by atoms with Crippen molar-refractivity contribution in [3.8, 4) is 22.6 Å². The molecule has 66 heavy (non-hydrogen) atoms. The van der Waals surface area contributed by atoms with Gasteiger partial charge >= 0.3 is 0 Å². The van der Waals surface area contributed by atoms with Crippen LogP contribution < -0.4 is 19.9 Å². The van der Waals surface area contributed by atoms with Crippen LogP contribution in [0.25, 0.3) is 11.1 Å². The van der Waals surface area contributed by atoms with Crippen molar-refractivity contribution in [1.29, 1.82) is 0 Å². The predicted octanol–water partition coefficient (Wildman–Crippen LogP) is 15.9. The van der Waals surface area contributed by atoms with E-state index >= 15 is 0 Å². The Morgan fingerprint density at radius 2 is 1.06 bits per heavy atom. The topological polar surface area (TPSA) is 40.6 Å². The molecule has 9 aromatic rings. The van der Waals surface area contributed by atoms with Gasteiger partial charge in [-0.1, -0.05) is 167 Å². The average Bonchev–Trinajstić information content (AvgIpc) is 3.35. The van der Waals surface area contributed by atoms with Gasteiger partial charge in [-0.25, -0.2) is 4.98 Å². The molecule has 8 aromatic carbocycles. The normalized spacial score (nSPS) is 11.3. The molecule has 0 aliphatic rings. The summed E-state index contributed by atoms with van der Waals surface area (Å²) in [5.41, 5.74) is 11.7. The zero-order valence-corrected chi connectivity index (χ0v) is 39.8. The number of pyridine rings is 1. The minimum absolute atomic E-state index is 0. The molecule has 0 spiro atoms. The molecule has 0 amide bonds. The Balaban J connectivity index is 0.00000592. The first-order valence-corrected chi connectivity index (χ1v) is 22.0. The Labute approximate surface area is 404 Å². The van der Waals surface area contributed by atoms with Gasteiger partial charge in [0, 0.05) is 66.7 Å². The molecule has 0 bridgehead atoms. The van der Waals surface area contributed by atoms with Crippen molar-refractivity contribution in [2.24, 2.45) is 0 Å². The Kier molecular flexibility index (Phi) is 13.7. The molecule has 0 aliphatic carbocycles. The number of nitrogens with one attached hydrogen (secondary N) is 1. The zero-order chi connectivity index (χ0) is 44.8. The molecular weight excluding hydrogens is 988 g/mol. The molecule has 1 N–H and O–H groups in total. The van der Waals surface area contributed by atoms with Gasteiger partial charge in [0.25, 0.3) is 0 Å². The monoisotopic (exact) mass is 1040 g/mol. The van der Waals surface area contributed by atoms with Crippen LogP contribution in [0.2, 0.25) is 0 Å². The summed E-state index contributed by atoms with van der Waals surface area (Å²) in [7, 11) is 4.65. The van der Waals surface area contributed by atoms with Gasteiger partial charge in [-0.15, -0.1) is 47.6 Å². The van der Waals surface area contributed by atoms with E-state index in [4.69, 9.17) is 4.74 Å². The summed E-state index contributed by atoms with van der Waals surface area (Å²) in [6.45, 7) is 9.20. The van der Waals surface area contributed by atoms with Crippen LogP contribution in [0.3, 0.4) is 0 Å². The first-order valence-electron chi connectivity index (χ1n) is 22.0. The molecule has 9 rings (SSSR count). The first kappa shape index (κ1) is 45.4. The fourth-order valence-corrected chi connectivity index (χ4v) is 8.29. The second kappa shape index (κ2) is 19.9. The van der Waals surface area contributed by atoms with Gasteiger partial charge in [0.05, 0.1) is 5.69 Å². The van der Waals surface area contributed by atoms with Gasteiger partial charge in [0.2, 0.25) is 0 Å². The van der Waals surface area contributed by atoms with E-state index in [1.165, 1.54) is 22.3 Å². The van der Waals surface area contributed by atoms with Crippen LogP contribution in [0, 0.1) is 19.2 Å². The maximum atomic E-state index is 6.69. The van der Waals surface area contributed by atoms with Crippen LogP contribution >= 0.6 is 0 Å². The van der Waals surface area contributed by atoms with Crippen LogP contribution in [0.5, 0.6) is 11.5 Å². The second-order valence-corrected chi connectivity index (χ2v) is 17.2. The van der Waals surface area contributed by atoms with E-state index in [2.05, 4.69) is 189 Å². The summed E-state index contributed by atoms with van der Waals surface area (Å²) in [5, 5.41) is 3.85. The molecule has 0 aliphatic heterocycles. The Morgan fingerprint density at radius 1 is 0.500 bits per heavy atom. The molecule has 0 saturated heterocycles. The predicted molar refractivity (Wildman–Crippen MR) is 269 cm³/mol. The SMILES string of the molecule is [CH2-]N(c1[c-]c(Oc2[c-]c(N(c3ccccc3)c3ccccn3)ccc2)cc(-c2ccccc2)c1)c1ccccc1Nc1cc(C(C)(C)c2ccccc2)cc(C(C)(C)c2ccccc2)c1.[Pt]. The van der Waals surface area contributed by atoms with Gasteiger partial charge in [-0.3, -0.25) is 7.05 Å². The van der Waals surface area contributed by atoms with Crippen LogP contribution in [0.15, 0.2) is 219 Å². The van der Waals surface area contributed by atoms with E-state index in [1.54, 1.807) is 6.20 Å². The van der Waals surface area contributed by atoms with Crippen molar-refractivity contribution < 1.29 is 25.8 Å². The van der Waals surface area contributed by atoms with Gasteiger partial charge in [0.15, 0.2) is 0 Å². The van der Waals surface area contributed by atoms with Gasteiger partial charge < -0.3 is 19.9 Å². The zero-order valence-electron chi connectivity index (χ0n) is 37.6.